The lowest BCUT2D eigenvalue weighted by molar-refractivity contribution is -0.146. The number of rotatable bonds is 8. The number of hydrogen-bond acceptors (Lipinski definition) is 8. The summed E-state index contributed by atoms with van der Waals surface area (Å²) in [6.45, 7) is 2.31. The summed E-state index contributed by atoms with van der Waals surface area (Å²) >= 11 is 1.67. The molecule has 0 saturated carbocycles. The number of piperidine rings is 1. The fourth-order valence-electron chi connectivity index (χ4n) is 4.49. The number of urea groups is 1. The summed E-state index contributed by atoms with van der Waals surface area (Å²) in [5.74, 6) is -0.935. The van der Waals surface area contributed by atoms with E-state index in [1.807, 2.05) is 36.5 Å². The van der Waals surface area contributed by atoms with E-state index in [4.69, 9.17) is 4.74 Å². The lowest BCUT2D eigenvalue weighted by atomic mass is 9.85. The van der Waals surface area contributed by atoms with E-state index in [9.17, 15) is 14.4 Å². The zero-order chi connectivity index (χ0) is 23.4. The molecule has 0 bridgehead atoms. The van der Waals surface area contributed by atoms with Gasteiger partial charge in [0.25, 0.3) is 5.91 Å². The molecule has 0 radical (unpaired) electrons. The van der Waals surface area contributed by atoms with Gasteiger partial charge in [-0.25, -0.2) is 9.78 Å². The van der Waals surface area contributed by atoms with Gasteiger partial charge < -0.3 is 14.4 Å². The van der Waals surface area contributed by atoms with Gasteiger partial charge in [0, 0.05) is 49.9 Å². The van der Waals surface area contributed by atoms with Crippen LogP contribution in [0.3, 0.4) is 0 Å². The maximum absolute atomic E-state index is 13.3. The monoisotopic (exact) mass is 472 g/mol. The normalized spacial score (nSPS) is 18.4. The zero-order valence-electron chi connectivity index (χ0n) is 18.9. The molecule has 176 valence electrons. The molecule has 2 aliphatic heterocycles. The van der Waals surface area contributed by atoms with Gasteiger partial charge in [-0.1, -0.05) is 30.3 Å². The first kappa shape index (κ1) is 23.3. The Morgan fingerprint density at radius 3 is 2.55 bits per heavy atom. The van der Waals surface area contributed by atoms with Gasteiger partial charge in [-0.15, -0.1) is 11.3 Å². The molecule has 2 aromatic rings. The van der Waals surface area contributed by atoms with Crippen molar-refractivity contribution in [2.24, 2.45) is 0 Å². The number of methoxy groups -OCH3 is 2. The van der Waals surface area contributed by atoms with Crippen LogP contribution < -0.4 is 0 Å². The summed E-state index contributed by atoms with van der Waals surface area (Å²) in [5.41, 5.74) is 0.157. The molecule has 1 spiro atoms. The zero-order valence-corrected chi connectivity index (χ0v) is 19.7. The van der Waals surface area contributed by atoms with Gasteiger partial charge in [-0.2, -0.15) is 0 Å². The molecule has 2 aliphatic rings. The number of aromatic nitrogens is 1. The average molecular weight is 473 g/mol. The highest BCUT2D eigenvalue weighted by Crippen LogP contribution is 2.38. The van der Waals surface area contributed by atoms with E-state index >= 15 is 0 Å². The van der Waals surface area contributed by atoms with Crippen molar-refractivity contribution in [1.29, 1.82) is 0 Å². The van der Waals surface area contributed by atoms with Crippen molar-refractivity contribution in [1.82, 2.24) is 19.7 Å². The summed E-state index contributed by atoms with van der Waals surface area (Å²) in [7, 11) is 2.80. The average Bonchev–Trinajstić information content (AvgIpc) is 3.38. The Morgan fingerprint density at radius 2 is 1.88 bits per heavy atom. The molecule has 33 heavy (non-hydrogen) atoms. The Labute approximate surface area is 196 Å². The smallest absolute Gasteiger partial charge is 0.328 e. The minimum absolute atomic E-state index is 0.300. The number of likely N-dealkylation sites (tertiary alicyclic amines) is 1. The number of carbonyl (C=O) groups excluding carboxylic acids is 3. The first-order valence-corrected chi connectivity index (χ1v) is 11.7. The Bertz CT molecular complexity index is 1000. The molecule has 2 saturated heterocycles. The summed E-state index contributed by atoms with van der Waals surface area (Å²) < 4.78 is 9.84. The molecule has 1 aromatic carbocycles. The van der Waals surface area contributed by atoms with Crippen LogP contribution in [0.4, 0.5) is 4.79 Å². The number of ether oxygens (including phenoxy) is 2. The first-order valence-electron chi connectivity index (χ1n) is 10.9. The van der Waals surface area contributed by atoms with Crippen molar-refractivity contribution in [3.05, 3.63) is 41.4 Å². The maximum atomic E-state index is 13.3. The predicted octanol–water partition coefficient (Wildman–Crippen LogP) is 2.23. The maximum Gasteiger partial charge on any atom is 0.328 e. The summed E-state index contributed by atoms with van der Waals surface area (Å²) in [4.78, 5) is 48.7. The molecule has 0 N–H and O–H groups in total. The molecular weight excluding hydrogens is 444 g/mol. The molecule has 0 aliphatic carbocycles. The van der Waals surface area contributed by atoms with E-state index in [-0.39, 0.29) is 12.5 Å². The quantitative estimate of drug-likeness (QED) is 0.430. The number of esters is 1. The van der Waals surface area contributed by atoms with Gasteiger partial charge >= 0.3 is 12.0 Å². The third kappa shape index (κ3) is 4.64. The molecule has 3 heterocycles. The predicted molar refractivity (Wildman–Crippen MR) is 122 cm³/mol. The second kappa shape index (κ2) is 9.98. The van der Waals surface area contributed by atoms with Crippen LogP contribution in [0, 0.1) is 0 Å². The number of hydrogen-bond donors (Lipinski definition) is 0. The van der Waals surface area contributed by atoms with Crippen LogP contribution in [0.2, 0.25) is 0 Å². The van der Waals surface area contributed by atoms with Crippen LogP contribution >= 0.6 is 11.3 Å². The number of amides is 3. The topological polar surface area (TPSA) is 92.3 Å². The van der Waals surface area contributed by atoms with Crippen LogP contribution in [-0.2, 0) is 25.6 Å². The summed E-state index contributed by atoms with van der Waals surface area (Å²) in [5, 5.41) is 0.986. The Morgan fingerprint density at radius 1 is 1.15 bits per heavy atom. The molecule has 2 fully saturated rings. The standard InChI is InChI=1S/C23H28N4O5S/c1-31-13-12-27-22(30)26(16-19(28)32-2)21(29)23(27)8-10-25(11-9-23)15-18-14-24-20(33-18)17-6-4-3-5-7-17/h3-7,14H,8-13,15-16H2,1-2H3. The first-order chi connectivity index (χ1) is 16.0. The fraction of sp³-hybridized carbons (Fsp3) is 0.478. The molecule has 0 unspecified atom stereocenters. The van der Waals surface area contributed by atoms with Gasteiger partial charge in [0.05, 0.1) is 13.7 Å². The number of carbonyl (C=O) groups is 3. The van der Waals surface area contributed by atoms with Crippen molar-refractivity contribution in [3.8, 4) is 10.6 Å². The SMILES string of the molecule is COCCN1C(=O)N(CC(=O)OC)C(=O)C12CCN(Cc1cnc(-c3ccccc3)s1)CC2. The van der Waals surface area contributed by atoms with E-state index in [2.05, 4.69) is 14.6 Å². The van der Waals surface area contributed by atoms with Crippen LogP contribution in [0.5, 0.6) is 0 Å². The van der Waals surface area contributed by atoms with Gasteiger partial charge in [-0.05, 0) is 12.8 Å². The number of imide groups is 1. The lowest BCUT2D eigenvalue weighted by Crippen LogP contribution is -2.57. The molecule has 3 amide bonds. The van der Waals surface area contributed by atoms with Gasteiger partial charge in [0.1, 0.15) is 17.1 Å². The molecular formula is C23H28N4O5S. The van der Waals surface area contributed by atoms with Gasteiger partial charge in [0.15, 0.2) is 0 Å². The Balaban J connectivity index is 1.44. The van der Waals surface area contributed by atoms with Crippen LogP contribution in [0.15, 0.2) is 36.5 Å². The van der Waals surface area contributed by atoms with E-state index in [0.717, 1.165) is 26.9 Å². The largest absolute Gasteiger partial charge is 0.468 e. The van der Waals surface area contributed by atoms with E-state index in [0.29, 0.717) is 39.1 Å². The van der Waals surface area contributed by atoms with Gasteiger partial charge in [0.2, 0.25) is 0 Å². The third-order valence-corrected chi connectivity index (χ3v) is 7.32. The van der Waals surface area contributed by atoms with Crippen LogP contribution in [-0.4, -0.2) is 90.1 Å². The number of benzene rings is 1. The van der Waals surface area contributed by atoms with Crippen molar-refractivity contribution < 1.29 is 23.9 Å². The minimum Gasteiger partial charge on any atom is -0.468 e. The highest BCUT2D eigenvalue weighted by Gasteiger charge is 2.58. The Hall–Kier alpha value is -2.82. The Kier molecular flexibility index (Phi) is 7.06. The number of thiazole rings is 1. The van der Waals surface area contributed by atoms with Crippen molar-refractivity contribution in [2.75, 3.05) is 47.0 Å². The second-order valence-corrected chi connectivity index (χ2v) is 9.32. The molecule has 0 atom stereocenters. The van der Waals surface area contributed by atoms with Crippen molar-refractivity contribution in [3.63, 3.8) is 0 Å². The molecule has 1 aromatic heterocycles. The third-order valence-electron chi connectivity index (χ3n) is 6.29. The van der Waals surface area contributed by atoms with E-state index in [1.165, 1.54) is 7.11 Å². The lowest BCUT2D eigenvalue weighted by Gasteiger charge is -2.42. The molecule has 9 nitrogen and oxygen atoms in total. The summed E-state index contributed by atoms with van der Waals surface area (Å²) in [6, 6.07) is 9.62. The van der Waals surface area contributed by atoms with E-state index in [1.54, 1.807) is 23.3 Å². The highest BCUT2D eigenvalue weighted by atomic mass is 32.1. The van der Waals surface area contributed by atoms with Crippen molar-refractivity contribution >= 4 is 29.2 Å². The summed E-state index contributed by atoms with van der Waals surface area (Å²) in [6.07, 6.45) is 2.91. The molecule has 4 rings (SSSR count). The van der Waals surface area contributed by atoms with Crippen LogP contribution in [0.25, 0.3) is 10.6 Å². The molecule has 10 heteroatoms. The number of nitrogens with zero attached hydrogens (tertiary/aromatic N) is 4. The highest BCUT2D eigenvalue weighted by molar-refractivity contribution is 7.15. The fourth-order valence-corrected chi connectivity index (χ4v) is 5.45. The van der Waals surface area contributed by atoms with Crippen LogP contribution in [0.1, 0.15) is 17.7 Å². The van der Waals surface area contributed by atoms with E-state index < -0.39 is 17.5 Å². The minimum atomic E-state index is -0.941. The second-order valence-electron chi connectivity index (χ2n) is 8.20. The van der Waals surface area contributed by atoms with Gasteiger partial charge in [-0.3, -0.25) is 19.4 Å². The van der Waals surface area contributed by atoms with Crippen molar-refractivity contribution in [2.45, 2.75) is 24.9 Å².